The number of aromatic nitrogens is 3. The zero-order chi connectivity index (χ0) is 18.5. The Bertz CT molecular complexity index is 875. The number of benzene rings is 1. The van der Waals surface area contributed by atoms with Crippen LogP contribution in [0.1, 0.15) is 37.8 Å². The smallest absolute Gasteiger partial charge is 0.225 e. The minimum Gasteiger partial charge on any atom is -0.354 e. The van der Waals surface area contributed by atoms with Crippen LogP contribution < -0.4 is 10.6 Å². The molecule has 0 saturated carbocycles. The second kappa shape index (κ2) is 7.95. The van der Waals surface area contributed by atoms with Crippen molar-refractivity contribution in [2.24, 2.45) is 0 Å². The van der Waals surface area contributed by atoms with Crippen molar-refractivity contribution in [3.63, 3.8) is 0 Å². The number of rotatable bonds is 6. The molecule has 2 heterocycles. The van der Waals surface area contributed by atoms with E-state index in [2.05, 4.69) is 64.6 Å². The summed E-state index contributed by atoms with van der Waals surface area (Å²) in [6.07, 6.45) is 1.77. The molecule has 0 unspecified atom stereocenters. The molecule has 3 rings (SSSR count). The van der Waals surface area contributed by atoms with Gasteiger partial charge in [-0.3, -0.25) is 4.98 Å². The lowest BCUT2D eigenvalue weighted by atomic mass is 9.98. The van der Waals surface area contributed by atoms with Crippen LogP contribution in [-0.4, -0.2) is 21.5 Å². The second-order valence-electron chi connectivity index (χ2n) is 6.56. The van der Waals surface area contributed by atoms with Gasteiger partial charge in [0.15, 0.2) is 0 Å². The fraction of sp³-hybridized carbons (Fsp3) is 0.286. The van der Waals surface area contributed by atoms with Crippen molar-refractivity contribution in [3.8, 4) is 11.4 Å². The van der Waals surface area contributed by atoms with E-state index in [0.29, 0.717) is 11.9 Å². The first-order valence-electron chi connectivity index (χ1n) is 8.98. The number of aryl methyl sites for hydroxylation is 1. The van der Waals surface area contributed by atoms with Gasteiger partial charge in [0.25, 0.3) is 0 Å². The lowest BCUT2D eigenvalue weighted by Crippen LogP contribution is -2.06. The van der Waals surface area contributed by atoms with Gasteiger partial charge < -0.3 is 10.6 Å². The van der Waals surface area contributed by atoms with Crippen molar-refractivity contribution in [1.29, 1.82) is 0 Å². The standard InChI is InChI=1S/C21H25N5/c1-5-22-21-25-19(18-8-6-7-11-23-18)13-20(26-21)24-16-9-10-17(14(2)3)15(4)12-16/h6-14H,5H2,1-4H3,(H2,22,24,25,26). The molecule has 0 aliphatic carbocycles. The molecule has 134 valence electrons. The molecule has 0 aliphatic heterocycles. The maximum Gasteiger partial charge on any atom is 0.225 e. The third kappa shape index (κ3) is 4.17. The first kappa shape index (κ1) is 17.9. The minimum atomic E-state index is 0.513. The molecule has 0 radical (unpaired) electrons. The summed E-state index contributed by atoms with van der Waals surface area (Å²) in [5.41, 5.74) is 5.26. The van der Waals surface area contributed by atoms with Gasteiger partial charge in [-0.05, 0) is 55.2 Å². The van der Waals surface area contributed by atoms with Crippen molar-refractivity contribution in [2.75, 3.05) is 17.2 Å². The molecule has 2 aromatic heterocycles. The molecule has 26 heavy (non-hydrogen) atoms. The third-order valence-corrected chi connectivity index (χ3v) is 4.15. The van der Waals surface area contributed by atoms with Crippen LogP contribution in [-0.2, 0) is 0 Å². The van der Waals surface area contributed by atoms with Crippen molar-refractivity contribution < 1.29 is 0 Å². The fourth-order valence-corrected chi connectivity index (χ4v) is 2.94. The Morgan fingerprint density at radius 2 is 1.85 bits per heavy atom. The molecule has 5 heteroatoms. The first-order chi connectivity index (χ1) is 12.6. The maximum atomic E-state index is 4.57. The fourth-order valence-electron chi connectivity index (χ4n) is 2.94. The monoisotopic (exact) mass is 347 g/mol. The molecular weight excluding hydrogens is 322 g/mol. The van der Waals surface area contributed by atoms with Crippen LogP contribution in [0.5, 0.6) is 0 Å². The Morgan fingerprint density at radius 3 is 2.50 bits per heavy atom. The molecule has 0 atom stereocenters. The van der Waals surface area contributed by atoms with Crippen molar-refractivity contribution in [3.05, 3.63) is 59.8 Å². The lowest BCUT2D eigenvalue weighted by Gasteiger charge is -2.14. The molecule has 5 nitrogen and oxygen atoms in total. The highest BCUT2D eigenvalue weighted by Crippen LogP contribution is 2.26. The third-order valence-electron chi connectivity index (χ3n) is 4.15. The highest BCUT2D eigenvalue weighted by atomic mass is 15.1. The lowest BCUT2D eigenvalue weighted by molar-refractivity contribution is 0.857. The Morgan fingerprint density at radius 1 is 1.00 bits per heavy atom. The number of nitrogens with zero attached hydrogens (tertiary/aromatic N) is 3. The molecule has 0 spiro atoms. The van der Waals surface area contributed by atoms with E-state index in [4.69, 9.17) is 0 Å². The number of nitrogens with one attached hydrogen (secondary N) is 2. The molecular formula is C21H25N5. The van der Waals surface area contributed by atoms with E-state index in [1.165, 1.54) is 11.1 Å². The van der Waals surface area contributed by atoms with Crippen molar-refractivity contribution >= 4 is 17.5 Å². The van der Waals surface area contributed by atoms with E-state index in [9.17, 15) is 0 Å². The summed E-state index contributed by atoms with van der Waals surface area (Å²) in [5.74, 6) is 1.85. The SMILES string of the molecule is CCNc1nc(Nc2ccc(C(C)C)c(C)c2)cc(-c2ccccn2)n1. The molecule has 1 aromatic carbocycles. The average molecular weight is 347 g/mol. The van der Waals surface area contributed by atoms with E-state index in [-0.39, 0.29) is 0 Å². The molecule has 0 fully saturated rings. The molecule has 0 bridgehead atoms. The van der Waals surface area contributed by atoms with E-state index in [1.54, 1.807) is 6.20 Å². The van der Waals surface area contributed by atoms with E-state index in [0.717, 1.165) is 29.4 Å². The topological polar surface area (TPSA) is 62.7 Å². The van der Waals surface area contributed by atoms with Gasteiger partial charge in [-0.2, -0.15) is 4.98 Å². The summed E-state index contributed by atoms with van der Waals surface area (Å²) in [6, 6.07) is 14.2. The molecule has 0 amide bonds. The largest absolute Gasteiger partial charge is 0.354 e. The van der Waals surface area contributed by atoms with E-state index >= 15 is 0 Å². The summed E-state index contributed by atoms with van der Waals surface area (Å²) in [5, 5.41) is 6.59. The van der Waals surface area contributed by atoms with Crippen LogP contribution in [0.4, 0.5) is 17.5 Å². The van der Waals surface area contributed by atoms with Gasteiger partial charge in [-0.1, -0.05) is 26.0 Å². The van der Waals surface area contributed by atoms with Gasteiger partial charge in [-0.25, -0.2) is 4.98 Å². The van der Waals surface area contributed by atoms with Crippen molar-refractivity contribution in [1.82, 2.24) is 15.0 Å². The number of anilines is 3. The van der Waals surface area contributed by atoms with Crippen LogP contribution in [0.25, 0.3) is 11.4 Å². The first-order valence-corrected chi connectivity index (χ1v) is 8.98. The summed E-state index contributed by atoms with van der Waals surface area (Å²) in [4.78, 5) is 13.5. The number of pyridine rings is 1. The molecule has 2 N–H and O–H groups in total. The molecule has 0 saturated heterocycles. The Labute approximate surface area is 154 Å². The minimum absolute atomic E-state index is 0.513. The van der Waals surface area contributed by atoms with Gasteiger partial charge in [0, 0.05) is 24.5 Å². The highest BCUT2D eigenvalue weighted by molar-refractivity contribution is 5.65. The van der Waals surface area contributed by atoms with Crippen LogP contribution in [0.15, 0.2) is 48.7 Å². The number of hydrogen-bond acceptors (Lipinski definition) is 5. The quantitative estimate of drug-likeness (QED) is 0.646. The maximum absolute atomic E-state index is 4.57. The Kier molecular flexibility index (Phi) is 5.46. The van der Waals surface area contributed by atoms with Crippen LogP contribution in [0.3, 0.4) is 0 Å². The summed E-state index contributed by atoms with van der Waals surface area (Å²) < 4.78 is 0. The van der Waals surface area contributed by atoms with E-state index < -0.39 is 0 Å². The van der Waals surface area contributed by atoms with E-state index in [1.807, 2.05) is 31.2 Å². The Balaban J connectivity index is 1.94. The van der Waals surface area contributed by atoms with Crippen LogP contribution in [0.2, 0.25) is 0 Å². The predicted molar refractivity (Wildman–Crippen MR) is 108 cm³/mol. The normalized spacial score (nSPS) is 10.8. The summed E-state index contributed by atoms with van der Waals surface area (Å²) in [6.45, 7) is 9.35. The summed E-state index contributed by atoms with van der Waals surface area (Å²) >= 11 is 0. The molecule has 0 aliphatic rings. The van der Waals surface area contributed by atoms with Gasteiger partial charge in [-0.15, -0.1) is 0 Å². The predicted octanol–water partition coefficient (Wildman–Crippen LogP) is 5.15. The van der Waals surface area contributed by atoms with Gasteiger partial charge in [0.05, 0.1) is 11.4 Å². The van der Waals surface area contributed by atoms with Gasteiger partial charge >= 0.3 is 0 Å². The van der Waals surface area contributed by atoms with Gasteiger partial charge in [0.1, 0.15) is 5.82 Å². The number of hydrogen-bond donors (Lipinski definition) is 2. The zero-order valence-electron chi connectivity index (χ0n) is 15.7. The van der Waals surface area contributed by atoms with Gasteiger partial charge in [0.2, 0.25) is 5.95 Å². The Hall–Kier alpha value is -2.95. The van der Waals surface area contributed by atoms with Crippen molar-refractivity contribution in [2.45, 2.75) is 33.6 Å². The van der Waals surface area contributed by atoms with Crippen LogP contribution in [0, 0.1) is 6.92 Å². The zero-order valence-corrected chi connectivity index (χ0v) is 15.7. The average Bonchev–Trinajstić information content (AvgIpc) is 2.62. The second-order valence-corrected chi connectivity index (χ2v) is 6.56. The highest BCUT2D eigenvalue weighted by Gasteiger charge is 2.09. The summed E-state index contributed by atoms with van der Waals surface area (Å²) in [7, 11) is 0. The molecule has 3 aromatic rings. The van der Waals surface area contributed by atoms with Crippen LogP contribution >= 0.6 is 0 Å².